The molecule has 5 heteroatoms. The minimum atomic E-state index is -0.449. The van der Waals surface area contributed by atoms with E-state index in [4.69, 9.17) is 10.2 Å². The third-order valence-electron chi connectivity index (χ3n) is 2.38. The lowest BCUT2D eigenvalue weighted by Gasteiger charge is -2.08. The van der Waals surface area contributed by atoms with E-state index in [1.54, 1.807) is 36.4 Å². The SMILES string of the molecule is NC(=O)Cc1ccccc1NC(=O)c1ccco1. The summed E-state index contributed by atoms with van der Waals surface area (Å²) in [5, 5.41) is 2.68. The number of carbonyl (C=O) groups excluding carboxylic acids is 2. The molecule has 0 spiro atoms. The van der Waals surface area contributed by atoms with Crippen LogP contribution in [0.5, 0.6) is 0 Å². The zero-order chi connectivity index (χ0) is 13.0. The highest BCUT2D eigenvalue weighted by Gasteiger charge is 2.11. The van der Waals surface area contributed by atoms with Gasteiger partial charge in [-0.15, -0.1) is 0 Å². The number of primary amides is 1. The Morgan fingerprint density at radius 1 is 1.17 bits per heavy atom. The lowest BCUT2D eigenvalue weighted by Crippen LogP contribution is -2.17. The molecule has 2 rings (SSSR count). The number of nitrogens with two attached hydrogens (primary N) is 1. The average molecular weight is 244 g/mol. The molecule has 18 heavy (non-hydrogen) atoms. The second-order valence-corrected chi connectivity index (χ2v) is 3.73. The van der Waals surface area contributed by atoms with Crippen LogP contribution in [0.3, 0.4) is 0 Å². The van der Waals surface area contributed by atoms with E-state index < -0.39 is 5.91 Å². The summed E-state index contributed by atoms with van der Waals surface area (Å²) in [5.41, 5.74) is 6.37. The maximum atomic E-state index is 11.8. The van der Waals surface area contributed by atoms with E-state index in [1.807, 2.05) is 0 Å². The normalized spacial score (nSPS) is 10.0. The molecule has 0 saturated carbocycles. The number of nitrogens with one attached hydrogen (secondary N) is 1. The Hall–Kier alpha value is -2.56. The zero-order valence-electron chi connectivity index (χ0n) is 9.55. The number of rotatable bonds is 4. The van der Waals surface area contributed by atoms with Gasteiger partial charge in [0.2, 0.25) is 5.91 Å². The molecule has 0 bridgehead atoms. The Labute approximate surface area is 104 Å². The minimum absolute atomic E-state index is 0.0780. The Kier molecular flexibility index (Phi) is 3.43. The second kappa shape index (κ2) is 5.18. The lowest BCUT2D eigenvalue weighted by atomic mass is 10.1. The molecule has 3 N–H and O–H groups in total. The van der Waals surface area contributed by atoms with Crippen LogP contribution in [0.4, 0.5) is 5.69 Å². The average Bonchev–Trinajstić information content (AvgIpc) is 2.84. The van der Waals surface area contributed by atoms with Gasteiger partial charge in [-0.3, -0.25) is 9.59 Å². The van der Waals surface area contributed by atoms with E-state index >= 15 is 0 Å². The Morgan fingerprint density at radius 2 is 1.94 bits per heavy atom. The smallest absolute Gasteiger partial charge is 0.291 e. The molecule has 0 unspecified atom stereocenters. The number of furan rings is 1. The van der Waals surface area contributed by atoms with E-state index in [0.717, 1.165) is 0 Å². The molecule has 1 heterocycles. The minimum Gasteiger partial charge on any atom is -0.459 e. The third kappa shape index (κ3) is 2.76. The molecule has 0 atom stereocenters. The predicted molar refractivity (Wildman–Crippen MR) is 66.0 cm³/mol. The highest BCUT2D eigenvalue weighted by Crippen LogP contribution is 2.16. The first-order valence-electron chi connectivity index (χ1n) is 5.38. The molecule has 2 amide bonds. The van der Waals surface area contributed by atoms with Crippen molar-refractivity contribution in [3.8, 4) is 0 Å². The first-order valence-corrected chi connectivity index (χ1v) is 5.38. The van der Waals surface area contributed by atoms with Gasteiger partial charge in [0.05, 0.1) is 12.7 Å². The van der Waals surface area contributed by atoms with Crippen molar-refractivity contribution in [1.29, 1.82) is 0 Å². The van der Waals surface area contributed by atoms with Crippen molar-refractivity contribution < 1.29 is 14.0 Å². The van der Waals surface area contributed by atoms with Crippen molar-refractivity contribution in [3.05, 3.63) is 54.0 Å². The van der Waals surface area contributed by atoms with Gasteiger partial charge in [-0.1, -0.05) is 18.2 Å². The fourth-order valence-electron chi connectivity index (χ4n) is 1.58. The summed E-state index contributed by atoms with van der Waals surface area (Å²) in [4.78, 5) is 22.7. The zero-order valence-corrected chi connectivity index (χ0v) is 9.55. The summed E-state index contributed by atoms with van der Waals surface area (Å²) in [7, 11) is 0. The van der Waals surface area contributed by atoms with Crippen LogP contribution in [0, 0.1) is 0 Å². The van der Waals surface area contributed by atoms with Crippen LogP contribution in [0.1, 0.15) is 16.1 Å². The topological polar surface area (TPSA) is 85.3 Å². The molecule has 5 nitrogen and oxygen atoms in total. The number of anilines is 1. The first-order chi connectivity index (χ1) is 8.66. The van der Waals surface area contributed by atoms with E-state index in [-0.39, 0.29) is 18.1 Å². The van der Waals surface area contributed by atoms with Crippen molar-refractivity contribution in [2.75, 3.05) is 5.32 Å². The molecule has 0 aliphatic heterocycles. The molecule has 2 aromatic rings. The number of amides is 2. The monoisotopic (exact) mass is 244 g/mol. The molecule has 92 valence electrons. The largest absolute Gasteiger partial charge is 0.459 e. The van der Waals surface area contributed by atoms with Gasteiger partial charge in [-0.05, 0) is 23.8 Å². The van der Waals surface area contributed by atoms with Crippen LogP contribution in [-0.2, 0) is 11.2 Å². The van der Waals surface area contributed by atoms with Gasteiger partial charge in [0, 0.05) is 5.69 Å². The Balaban J connectivity index is 2.18. The van der Waals surface area contributed by atoms with Gasteiger partial charge < -0.3 is 15.5 Å². The second-order valence-electron chi connectivity index (χ2n) is 3.73. The van der Waals surface area contributed by atoms with Crippen molar-refractivity contribution in [3.63, 3.8) is 0 Å². The molecule has 1 aromatic carbocycles. The summed E-state index contributed by atoms with van der Waals surface area (Å²) >= 11 is 0. The van der Waals surface area contributed by atoms with Crippen LogP contribution in [0.15, 0.2) is 47.1 Å². The van der Waals surface area contributed by atoms with Gasteiger partial charge in [-0.2, -0.15) is 0 Å². The number of carbonyl (C=O) groups is 2. The van der Waals surface area contributed by atoms with Gasteiger partial charge >= 0.3 is 0 Å². The maximum Gasteiger partial charge on any atom is 0.291 e. The van der Waals surface area contributed by atoms with Gasteiger partial charge in [0.1, 0.15) is 0 Å². The van der Waals surface area contributed by atoms with Crippen molar-refractivity contribution in [2.45, 2.75) is 6.42 Å². The van der Waals surface area contributed by atoms with E-state index in [2.05, 4.69) is 5.32 Å². The van der Waals surface area contributed by atoms with Crippen LogP contribution in [0.25, 0.3) is 0 Å². The van der Waals surface area contributed by atoms with Gasteiger partial charge in [0.15, 0.2) is 5.76 Å². The van der Waals surface area contributed by atoms with E-state index in [9.17, 15) is 9.59 Å². The summed E-state index contributed by atoms with van der Waals surface area (Å²) in [6, 6.07) is 10.2. The molecule has 0 fully saturated rings. The van der Waals surface area contributed by atoms with E-state index in [1.165, 1.54) is 6.26 Å². The Morgan fingerprint density at radius 3 is 2.61 bits per heavy atom. The van der Waals surface area contributed by atoms with Crippen molar-refractivity contribution >= 4 is 17.5 Å². The van der Waals surface area contributed by atoms with Crippen molar-refractivity contribution in [1.82, 2.24) is 0 Å². The quantitative estimate of drug-likeness (QED) is 0.855. The summed E-state index contributed by atoms with van der Waals surface area (Å²) in [6.07, 6.45) is 1.50. The summed E-state index contributed by atoms with van der Waals surface area (Å²) in [6.45, 7) is 0. The summed E-state index contributed by atoms with van der Waals surface area (Å²) < 4.78 is 4.98. The lowest BCUT2D eigenvalue weighted by molar-refractivity contribution is -0.117. The maximum absolute atomic E-state index is 11.8. The van der Waals surface area contributed by atoms with Crippen LogP contribution >= 0.6 is 0 Å². The molecule has 0 radical (unpaired) electrons. The molecular formula is C13H12N2O3. The number of hydrogen-bond acceptors (Lipinski definition) is 3. The van der Waals surface area contributed by atoms with Crippen LogP contribution < -0.4 is 11.1 Å². The first kappa shape index (κ1) is 11.9. The predicted octanol–water partition coefficient (Wildman–Crippen LogP) is 1.56. The molecular weight excluding hydrogens is 232 g/mol. The molecule has 0 aliphatic carbocycles. The highest BCUT2D eigenvalue weighted by atomic mass is 16.3. The van der Waals surface area contributed by atoms with Crippen LogP contribution in [0.2, 0.25) is 0 Å². The third-order valence-corrected chi connectivity index (χ3v) is 2.38. The standard InChI is InChI=1S/C13H12N2O3/c14-12(16)8-9-4-1-2-5-10(9)15-13(17)11-6-3-7-18-11/h1-7H,8H2,(H2,14,16)(H,15,17). The number of para-hydroxylation sites is 1. The fourth-order valence-corrected chi connectivity index (χ4v) is 1.58. The molecule has 0 aliphatic rings. The highest BCUT2D eigenvalue weighted by molar-refractivity contribution is 6.02. The van der Waals surface area contributed by atoms with Crippen molar-refractivity contribution in [2.24, 2.45) is 5.73 Å². The number of benzene rings is 1. The van der Waals surface area contributed by atoms with Crippen LogP contribution in [-0.4, -0.2) is 11.8 Å². The number of hydrogen-bond donors (Lipinski definition) is 2. The summed E-state index contributed by atoms with van der Waals surface area (Å²) in [5.74, 6) is -0.601. The molecule has 0 saturated heterocycles. The van der Waals surface area contributed by atoms with E-state index in [0.29, 0.717) is 11.3 Å². The van der Waals surface area contributed by atoms with Gasteiger partial charge in [-0.25, -0.2) is 0 Å². The van der Waals surface area contributed by atoms with Gasteiger partial charge in [0.25, 0.3) is 5.91 Å². The molecule has 1 aromatic heterocycles. The Bertz CT molecular complexity index is 561. The fraction of sp³-hybridized carbons (Fsp3) is 0.0769.